The van der Waals surface area contributed by atoms with E-state index in [-0.39, 0.29) is 18.9 Å². The Morgan fingerprint density at radius 3 is 2.52 bits per heavy atom. The lowest BCUT2D eigenvalue weighted by molar-refractivity contribution is -0.384. The molecule has 0 spiro atoms. The third-order valence-electron chi connectivity index (χ3n) is 2.90. The van der Waals surface area contributed by atoms with Crippen LogP contribution in [0.5, 0.6) is 5.75 Å². The van der Waals surface area contributed by atoms with E-state index in [1.165, 1.54) is 24.3 Å². The molecule has 2 aromatic rings. The summed E-state index contributed by atoms with van der Waals surface area (Å²) < 4.78 is 10.2. The Labute approximate surface area is 131 Å². The lowest BCUT2D eigenvalue weighted by Gasteiger charge is -2.08. The first kappa shape index (κ1) is 16.0. The van der Waals surface area contributed by atoms with Gasteiger partial charge in [0.25, 0.3) is 5.69 Å². The minimum absolute atomic E-state index is 0.0138. The van der Waals surface area contributed by atoms with E-state index in [0.717, 1.165) is 0 Å². The monoisotopic (exact) mass is 312 g/mol. The van der Waals surface area contributed by atoms with Crippen molar-refractivity contribution < 1.29 is 19.2 Å². The van der Waals surface area contributed by atoms with Crippen LogP contribution >= 0.6 is 0 Å². The molecule has 0 aliphatic rings. The molecule has 0 saturated carbocycles. The highest BCUT2D eigenvalue weighted by Crippen LogP contribution is 2.16. The molecule has 2 rings (SSSR count). The molecule has 0 radical (unpaired) electrons. The third kappa shape index (κ3) is 4.54. The Balaban J connectivity index is 1.83. The normalized spacial score (nSPS) is 9.70. The first-order chi connectivity index (χ1) is 11.1. The number of nitro groups is 1. The zero-order valence-electron chi connectivity index (χ0n) is 12.0. The number of carbonyl (C=O) groups excluding carboxylic acids is 1. The summed E-state index contributed by atoms with van der Waals surface area (Å²) in [6.07, 6.45) is 0. The summed E-state index contributed by atoms with van der Waals surface area (Å²) in [6.45, 7) is -0.342. The molecule has 0 aliphatic heterocycles. The molecule has 0 atom stereocenters. The number of non-ortho nitro benzene ring substituents is 1. The van der Waals surface area contributed by atoms with Gasteiger partial charge in [-0.3, -0.25) is 10.1 Å². The average Bonchev–Trinajstić information content (AvgIpc) is 2.58. The SMILES string of the molecule is N#Cc1ccccc1OCC(=O)OCc1ccc([N+](=O)[O-])cc1. The molecular formula is C16H12N2O5. The second kappa shape index (κ2) is 7.56. The predicted octanol–water partition coefficient (Wildman–Crippen LogP) is 2.59. The molecular weight excluding hydrogens is 300 g/mol. The fourth-order valence-electron chi connectivity index (χ4n) is 1.74. The summed E-state index contributed by atoms with van der Waals surface area (Å²) in [4.78, 5) is 21.7. The lowest BCUT2D eigenvalue weighted by Crippen LogP contribution is -2.15. The van der Waals surface area contributed by atoms with Crippen LogP contribution in [-0.2, 0) is 16.1 Å². The van der Waals surface area contributed by atoms with E-state index in [4.69, 9.17) is 14.7 Å². The van der Waals surface area contributed by atoms with E-state index in [1.54, 1.807) is 24.3 Å². The molecule has 23 heavy (non-hydrogen) atoms. The van der Waals surface area contributed by atoms with Crippen molar-refractivity contribution >= 4 is 11.7 Å². The molecule has 7 nitrogen and oxygen atoms in total. The van der Waals surface area contributed by atoms with Crippen molar-refractivity contribution in [2.24, 2.45) is 0 Å². The number of nitro benzene ring substituents is 1. The Bertz CT molecular complexity index is 750. The summed E-state index contributed by atoms with van der Waals surface area (Å²) in [5.41, 5.74) is 0.925. The number of ether oxygens (including phenoxy) is 2. The van der Waals surface area contributed by atoms with Crippen LogP contribution in [0.2, 0.25) is 0 Å². The van der Waals surface area contributed by atoms with Gasteiger partial charge in [0.1, 0.15) is 18.4 Å². The number of nitriles is 1. The Morgan fingerprint density at radius 2 is 1.87 bits per heavy atom. The Hall–Kier alpha value is -3.40. The molecule has 2 aromatic carbocycles. The van der Waals surface area contributed by atoms with Crippen LogP contribution in [0, 0.1) is 21.4 Å². The van der Waals surface area contributed by atoms with Crippen LogP contribution in [-0.4, -0.2) is 17.5 Å². The van der Waals surface area contributed by atoms with E-state index >= 15 is 0 Å². The van der Waals surface area contributed by atoms with Gasteiger partial charge in [-0.05, 0) is 29.8 Å². The summed E-state index contributed by atoms with van der Waals surface area (Å²) in [5.74, 6) is -0.293. The first-order valence-electron chi connectivity index (χ1n) is 6.61. The maximum Gasteiger partial charge on any atom is 0.344 e. The average molecular weight is 312 g/mol. The summed E-state index contributed by atoms with van der Waals surface area (Å²) in [6, 6.07) is 14.2. The highest BCUT2D eigenvalue weighted by Gasteiger charge is 2.09. The number of nitrogens with zero attached hydrogens (tertiary/aromatic N) is 2. The van der Waals surface area contributed by atoms with E-state index in [1.807, 2.05) is 6.07 Å². The van der Waals surface area contributed by atoms with Gasteiger partial charge in [-0.15, -0.1) is 0 Å². The maximum absolute atomic E-state index is 11.6. The number of hydrogen-bond donors (Lipinski definition) is 0. The number of rotatable bonds is 6. The van der Waals surface area contributed by atoms with Crippen LogP contribution in [0.4, 0.5) is 5.69 Å². The molecule has 0 fully saturated rings. The summed E-state index contributed by atoms with van der Waals surface area (Å²) >= 11 is 0. The topological polar surface area (TPSA) is 102 Å². The summed E-state index contributed by atoms with van der Waals surface area (Å²) in [5, 5.41) is 19.4. The molecule has 0 bridgehead atoms. The lowest BCUT2D eigenvalue weighted by atomic mass is 10.2. The fourth-order valence-corrected chi connectivity index (χ4v) is 1.74. The van der Waals surface area contributed by atoms with E-state index in [0.29, 0.717) is 16.9 Å². The number of para-hydroxylation sites is 1. The second-order valence-corrected chi connectivity index (χ2v) is 4.48. The Morgan fingerprint density at radius 1 is 1.17 bits per heavy atom. The van der Waals surface area contributed by atoms with Gasteiger partial charge in [0, 0.05) is 12.1 Å². The summed E-state index contributed by atoms with van der Waals surface area (Å²) in [7, 11) is 0. The minimum Gasteiger partial charge on any atom is -0.481 e. The van der Waals surface area contributed by atoms with Crippen molar-refractivity contribution in [3.63, 3.8) is 0 Å². The molecule has 116 valence electrons. The van der Waals surface area contributed by atoms with E-state index in [2.05, 4.69) is 0 Å². The van der Waals surface area contributed by atoms with Crippen molar-refractivity contribution in [3.05, 3.63) is 69.8 Å². The highest BCUT2D eigenvalue weighted by atomic mass is 16.6. The van der Waals surface area contributed by atoms with Gasteiger partial charge in [0.05, 0.1) is 10.5 Å². The van der Waals surface area contributed by atoms with E-state index < -0.39 is 10.9 Å². The van der Waals surface area contributed by atoms with Gasteiger partial charge in [-0.25, -0.2) is 4.79 Å². The van der Waals surface area contributed by atoms with Crippen LogP contribution in [0.15, 0.2) is 48.5 Å². The number of carbonyl (C=O) groups is 1. The van der Waals surface area contributed by atoms with Crippen LogP contribution < -0.4 is 4.74 Å². The number of esters is 1. The molecule has 0 amide bonds. The molecule has 0 aliphatic carbocycles. The number of hydrogen-bond acceptors (Lipinski definition) is 6. The van der Waals surface area contributed by atoms with Crippen LogP contribution in [0.1, 0.15) is 11.1 Å². The molecule has 0 heterocycles. The van der Waals surface area contributed by atoms with Crippen molar-refractivity contribution in [3.8, 4) is 11.8 Å². The first-order valence-corrected chi connectivity index (χ1v) is 6.61. The van der Waals surface area contributed by atoms with Gasteiger partial charge in [0.15, 0.2) is 6.61 Å². The Kier molecular flexibility index (Phi) is 5.25. The van der Waals surface area contributed by atoms with Crippen molar-refractivity contribution in [2.45, 2.75) is 6.61 Å². The zero-order chi connectivity index (χ0) is 16.7. The van der Waals surface area contributed by atoms with Crippen molar-refractivity contribution in [1.29, 1.82) is 5.26 Å². The van der Waals surface area contributed by atoms with Crippen LogP contribution in [0.3, 0.4) is 0 Å². The highest BCUT2D eigenvalue weighted by molar-refractivity contribution is 5.71. The van der Waals surface area contributed by atoms with Gasteiger partial charge in [-0.2, -0.15) is 5.26 Å². The number of benzene rings is 2. The quantitative estimate of drug-likeness (QED) is 0.461. The van der Waals surface area contributed by atoms with Gasteiger partial charge in [0.2, 0.25) is 0 Å². The smallest absolute Gasteiger partial charge is 0.344 e. The second-order valence-electron chi connectivity index (χ2n) is 4.48. The standard InChI is InChI=1S/C16H12N2O5/c17-9-13-3-1-2-4-15(13)22-11-16(19)23-10-12-5-7-14(8-6-12)18(20)21/h1-8H,10-11H2. The predicted molar refractivity (Wildman–Crippen MR) is 79.5 cm³/mol. The molecule has 0 N–H and O–H groups in total. The van der Waals surface area contributed by atoms with E-state index in [9.17, 15) is 14.9 Å². The molecule has 0 unspecified atom stereocenters. The van der Waals surface area contributed by atoms with Gasteiger partial charge < -0.3 is 9.47 Å². The third-order valence-corrected chi connectivity index (χ3v) is 2.90. The van der Waals surface area contributed by atoms with Gasteiger partial charge >= 0.3 is 5.97 Å². The minimum atomic E-state index is -0.601. The molecule has 7 heteroatoms. The zero-order valence-corrected chi connectivity index (χ0v) is 12.0. The largest absolute Gasteiger partial charge is 0.481 e. The van der Waals surface area contributed by atoms with Crippen molar-refractivity contribution in [2.75, 3.05) is 6.61 Å². The van der Waals surface area contributed by atoms with Gasteiger partial charge in [-0.1, -0.05) is 12.1 Å². The molecule has 0 saturated heterocycles. The molecule has 0 aromatic heterocycles. The van der Waals surface area contributed by atoms with Crippen LogP contribution in [0.25, 0.3) is 0 Å². The maximum atomic E-state index is 11.6. The van der Waals surface area contributed by atoms with Crippen molar-refractivity contribution in [1.82, 2.24) is 0 Å². The fraction of sp³-hybridized carbons (Fsp3) is 0.125.